The Balaban J connectivity index is 1.45. The summed E-state index contributed by atoms with van der Waals surface area (Å²) in [5.74, 6) is -1.95. The van der Waals surface area contributed by atoms with Gasteiger partial charge in [0, 0.05) is 5.69 Å². The molecule has 2 aromatic rings. The van der Waals surface area contributed by atoms with Gasteiger partial charge in [-0.3, -0.25) is 19.4 Å². The number of nitrogens with one attached hydrogen (secondary N) is 1. The zero-order chi connectivity index (χ0) is 20.5. The highest BCUT2D eigenvalue weighted by Crippen LogP contribution is 2.31. The van der Waals surface area contributed by atoms with Crippen LogP contribution in [0.15, 0.2) is 58.9 Å². The van der Waals surface area contributed by atoms with E-state index in [4.69, 9.17) is 0 Å². The number of rotatable bonds is 5. The van der Waals surface area contributed by atoms with Gasteiger partial charge in [0.2, 0.25) is 5.91 Å². The lowest BCUT2D eigenvalue weighted by atomic mass is 10.1. The molecule has 1 fully saturated rings. The van der Waals surface area contributed by atoms with Gasteiger partial charge in [-0.1, -0.05) is 24.3 Å². The fourth-order valence-corrected chi connectivity index (χ4v) is 3.37. The molecular formula is C20H18FN5O3. The van der Waals surface area contributed by atoms with E-state index in [1.807, 2.05) is 19.1 Å². The summed E-state index contributed by atoms with van der Waals surface area (Å²) in [4.78, 5) is 38.8. The molecule has 0 aliphatic carbocycles. The lowest BCUT2D eigenvalue weighted by Crippen LogP contribution is -2.43. The number of halogens is 1. The third-order valence-electron chi connectivity index (χ3n) is 4.89. The molecule has 2 heterocycles. The van der Waals surface area contributed by atoms with Crippen molar-refractivity contribution < 1.29 is 18.8 Å². The predicted molar refractivity (Wildman–Crippen MR) is 102 cm³/mol. The van der Waals surface area contributed by atoms with Crippen molar-refractivity contribution in [1.82, 2.24) is 5.01 Å². The molecule has 0 spiro atoms. The van der Waals surface area contributed by atoms with Gasteiger partial charge in [0.15, 0.2) is 12.1 Å². The molecule has 2 atom stereocenters. The Hall–Kier alpha value is -3.62. The van der Waals surface area contributed by atoms with Crippen molar-refractivity contribution in [3.05, 3.63) is 59.9 Å². The van der Waals surface area contributed by atoms with Gasteiger partial charge in [0.05, 0.1) is 5.69 Å². The third-order valence-corrected chi connectivity index (χ3v) is 4.89. The number of fused-ring (bicyclic) bond motifs is 1. The maximum Gasteiger partial charge on any atom is 0.263 e. The summed E-state index contributed by atoms with van der Waals surface area (Å²) in [6.07, 6.45) is 0.895. The second kappa shape index (κ2) is 7.42. The van der Waals surface area contributed by atoms with Crippen molar-refractivity contribution in [3.8, 4) is 0 Å². The number of anilines is 2. The van der Waals surface area contributed by atoms with E-state index in [0.717, 1.165) is 16.9 Å². The molecule has 29 heavy (non-hydrogen) atoms. The Morgan fingerprint density at radius 2 is 1.76 bits per heavy atom. The van der Waals surface area contributed by atoms with E-state index in [9.17, 15) is 18.8 Å². The van der Waals surface area contributed by atoms with Crippen LogP contribution in [0, 0.1) is 5.82 Å². The smallest absolute Gasteiger partial charge is 0.263 e. The summed E-state index contributed by atoms with van der Waals surface area (Å²) in [6.45, 7) is 1.81. The van der Waals surface area contributed by atoms with Gasteiger partial charge < -0.3 is 5.32 Å². The molecule has 0 radical (unpaired) electrons. The number of carbonyl (C=O) groups is 3. The summed E-state index contributed by atoms with van der Waals surface area (Å²) in [5.41, 5.74) is 2.03. The number of hydrogen-bond donors (Lipinski definition) is 1. The number of benzene rings is 2. The molecule has 1 N–H and O–H groups in total. The van der Waals surface area contributed by atoms with Crippen molar-refractivity contribution in [2.75, 3.05) is 16.8 Å². The van der Waals surface area contributed by atoms with Crippen LogP contribution in [0.2, 0.25) is 0 Å². The van der Waals surface area contributed by atoms with Gasteiger partial charge in [0.25, 0.3) is 11.8 Å². The molecule has 1 saturated heterocycles. The first-order valence-electron chi connectivity index (χ1n) is 9.17. The first kappa shape index (κ1) is 18.7. The van der Waals surface area contributed by atoms with E-state index in [0.29, 0.717) is 5.69 Å². The number of imide groups is 1. The molecule has 3 amide bonds. The van der Waals surface area contributed by atoms with E-state index in [-0.39, 0.29) is 18.1 Å². The van der Waals surface area contributed by atoms with E-state index in [1.165, 1.54) is 29.3 Å². The largest absolute Gasteiger partial charge is 0.324 e. The first-order valence-corrected chi connectivity index (χ1v) is 9.17. The highest BCUT2D eigenvalue weighted by Gasteiger charge is 2.55. The molecule has 0 unspecified atom stereocenters. The molecule has 8 nitrogen and oxygen atoms in total. The Morgan fingerprint density at radius 1 is 1.07 bits per heavy atom. The minimum Gasteiger partial charge on any atom is -0.324 e. The van der Waals surface area contributed by atoms with Crippen LogP contribution in [-0.4, -0.2) is 41.4 Å². The molecule has 2 aliphatic rings. The fourth-order valence-electron chi connectivity index (χ4n) is 3.37. The topological polar surface area (TPSA) is 94.4 Å². The Bertz CT molecular complexity index is 990. The lowest BCUT2D eigenvalue weighted by Gasteiger charge is -2.20. The van der Waals surface area contributed by atoms with E-state index >= 15 is 0 Å². The Labute approximate surface area is 166 Å². The van der Waals surface area contributed by atoms with Gasteiger partial charge in [-0.15, -0.1) is 0 Å². The summed E-state index contributed by atoms with van der Waals surface area (Å²) < 4.78 is 13.2. The van der Waals surface area contributed by atoms with Gasteiger partial charge in [-0.05, 0) is 48.4 Å². The van der Waals surface area contributed by atoms with Gasteiger partial charge in [-0.2, -0.15) is 5.11 Å². The third kappa shape index (κ3) is 3.46. The molecule has 2 aliphatic heterocycles. The van der Waals surface area contributed by atoms with Crippen molar-refractivity contribution in [1.29, 1.82) is 0 Å². The normalized spacial score (nSPS) is 20.3. The van der Waals surface area contributed by atoms with Crippen LogP contribution in [0.5, 0.6) is 0 Å². The van der Waals surface area contributed by atoms with Crippen LogP contribution in [0.3, 0.4) is 0 Å². The molecule has 0 saturated carbocycles. The van der Waals surface area contributed by atoms with Crippen LogP contribution in [0.4, 0.5) is 15.8 Å². The van der Waals surface area contributed by atoms with Gasteiger partial charge in [0.1, 0.15) is 12.4 Å². The summed E-state index contributed by atoms with van der Waals surface area (Å²) >= 11 is 0. The second-order valence-electron chi connectivity index (χ2n) is 6.78. The predicted octanol–water partition coefficient (Wildman–Crippen LogP) is 2.32. The van der Waals surface area contributed by atoms with Gasteiger partial charge >= 0.3 is 0 Å². The number of hydrogen-bond acceptors (Lipinski definition) is 6. The molecule has 4 rings (SSSR count). The summed E-state index contributed by atoms with van der Waals surface area (Å²) in [6, 6.07) is 10.5. The highest BCUT2D eigenvalue weighted by molar-refractivity contribution is 6.25. The summed E-state index contributed by atoms with van der Waals surface area (Å²) in [7, 11) is 0. The zero-order valence-corrected chi connectivity index (χ0v) is 15.6. The molecule has 148 valence electrons. The number of amides is 3. The maximum atomic E-state index is 13.2. The fraction of sp³-hybridized carbons (Fsp3) is 0.250. The molecule has 0 aromatic heterocycles. The standard InChI is InChI=1S/C20H18FN5O3/c1-2-12-3-7-14(8-4-12)22-16(27)11-25-18-17(23-24-25)19(28)26(20(18)29)15-9-5-13(21)6-10-15/h3-10,17-18H,2,11H2,1H3,(H,22,27)/t17-,18+/m1/s1. The molecular weight excluding hydrogens is 377 g/mol. The van der Waals surface area contributed by atoms with E-state index in [1.54, 1.807) is 12.1 Å². The average molecular weight is 395 g/mol. The number of aryl methyl sites for hydroxylation is 1. The lowest BCUT2D eigenvalue weighted by molar-refractivity contribution is -0.123. The Morgan fingerprint density at radius 3 is 2.41 bits per heavy atom. The molecule has 9 heteroatoms. The number of carbonyl (C=O) groups excluding carboxylic acids is 3. The van der Waals surface area contributed by atoms with Crippen molar-refractivity contribution >= 4 is 29.1 Å². The minimum atomic E-state index is -1.01. The van der Waals surface area contributed by atoms with Crippen LogP contribution in [0.1, 0.15) is 12.5 Å². The number of nitrogens with zero attached hydrogens (tertiary/aromatic N) is 4. The van der Waals surface area contributed by atoms with Crippen molar-refractivity contribution in [2.24, 2.45) is 10.3 Å². The van der Waals surface area contributed by atoms with Crippen LogP contribution >= 0.6 is 0 Å². The molecule has 2 aromatic carbocycles. The van der Waals surface area contributed by atoms with Crippen LogP contribution in [0.25, 0.3) is 0 Å². The molecule has 0 bridgehead atoms. The SMILES string of the molecule is CCc1ccc(NC(=O)CN2N=N[C@H]3C(=O)N(c4ccc(F)cc4)C(=O)[C@H]32)cc1. The zero-order valence-electron chi connectivity index (χ0n) is 15.6. The maximum absolute atomic E-state index is 13.2. The highest BCUT2D eigenvalue weighted by atomic mass is 19.1. The van der Waals surface area contributed by atoms with E-state index in [2.05, 4.69) is 15.7 Å². The first-order chi connectivity index (χ1) is 14.0. The van der Waals surface area contributed by atoms with Gasteiger partial charge in [-0.25, -0.2) is 9.29 Å². The summed E-state index contributed by atoms with van der Waals surface area (Å²) in [5, 5.41) is 11.7. The van der Waals surface area contributed by atoms with Crippen LogP contribution in [-0.2, 0) is 20.8 Å². The quantitative estimate of drug-likeness (QED) is 0.786. The average Bonchev–Trinajstić information content (AvgIpc) is 3.23. The van der Waals surface area contributed by atoms with E-state index < -0.39 is 29.7 Å². The monoisotopic (exact) mass is 395 g/mol. The van der Waals surface area contributed by atoms with Crippen molar-refractivity contribution in [2.45, 2.75) is 25.4 Å². The minimum absolute atomic E-state index is 0.226. The second-order valence-corrected chi connectivity index (χ2v) is 6.78. The van der Waals surface area contributed by atoms with Crippen LogP contribution < -0.4 is 10.2 Å². The van der Waals surface area contributed by atoms with Crippen molar-refractivity contribution in [3.63, 3.8) is 0 Å². The Kier molecular flexibility index (Phi) is 4.79.